The highest BCUT2D eigenvalue weighted by Crippen LogP contribution is 2.25. The van der Waals surface area contributed by atoms with Crippen LogP contribution >= 0.6 is 0 Å². The van der Waals surface area contributed by atoms with Gasteiger partial charge in [0.05, 0.1) is 6.26 Å². The number of aromatic nitrogens is 3. The zero-order chi connectivity index (χ0) is 16.3. The van der Waals surface area contributed by atoms with E-state index in [0.29, 0.717) is 32.0 Å². The summed E-state index contributed by atoms with van der Waals surface area (Å²) in [5.74, 6) is 0.459. The van der Waals surface area contributed by atoms with Gasteiger partial charge in [-0.3, -0.25) is 4.79 Å². The first kappa shape index (κ1) is 16.9. The molecule has 1 aromatic rings. The van der Waals surface area contributed by atoms with E-state index in [0.717, 1.165) is 6.26 Å². The zero-order valence-electron chi connectivity index (χ0n) is 13.1. The molecular formula is C13H23N5O3S. The third kappa shape index (κ3) is 4.51. The van der Waals surface area contributed by atoms with Crippen molar-refractivity contribution in [2.75, 3.05) is 19.3 Å². The van der Waals surface area contributed by atoms with E-state index in [1.54, 1.807) is 22.1 Å². The van der Waals surface area contributed by atoms with Gasteiger partial charge in [0.25, 0.3) is 0 Å². The van der Waals surface area contributed by atoms with Gasteiger partial charge < -0.3 is 9.47 Å². The Bertz CT molecular complexity index is 599. The lowest BCUT2D eigenvalue weighted by molar-refractivity contribution is -0.130. The Kier molecular flexibility index (Phi) is 5.17. The molecule has 1 saturated heterocycles. The van der Waals surface area contributed by atoms with E-state index in [1.165, 1.54) is 0 Å². The van der Waals surface area contributed by atoms with Crippen LogP contribution in [0.5, 0.6) is 0 Å². The number of rotatable bonds is 6. The highest BCUT2D eigenvalue weighted by atomic mass is 32.2. The molecule has 0 aliphatic carbocycles. The number of nitrogens with zero attached hydrogens (tertiary/aromatic N) is 4. The maximum atomic E-state index is 12.3. The van der Waals surface area contributed by atoms with E-state index in [9.17, 15) is 13.2 Å². The van der Waals surface area contributed by atoms with Crippen LogP contribution in [-0.4, -0.2) is 59.4 Å². The average molecular weight is 329 g/mol. The molecule has 0 aromatic carbocycles. The molecule has 1 aliphatic heterocycles. The molecule has 2 heterocycles. The van der Waals surface area contributed by atoms with Crippen LogP contribution in [-0.2, 0) is 21.4 Å². The van der Waals surface area contributed by atoms with E-state index in [1.807, 2.05) is 13.8 Å². The van der Waals surface area contributed by atoms with Crippen molar-refractivity contribution >= 4 is 15.9 Å². The quantitative estimate of drug-likeness (QED) is 0.773. The standard InChI is InChI=1S/C13H23N5O3S/c1-10(2)11-6-18(7-12(11)16-22(3,20)21)13(19)4-5-17-8-14-15-9-17/h8-12,16H,4-7H2,1-3H3/t11-,12+/m1/s1. The fourth-order valence-corrected chi connectivity index (χ4v) is 3.63. The fraction of sp³-hybridized carbons (Fsp3) is 0.769. The second-order valence-corrected chi connectivity index (χ2v) is 7.93. The van der Waals surface area contributed by atoms with E-state index in [4.69, 9.17) is 0 Å². The van der Waals surface area contributed by atoms with Gasteiger partial charge in [-0.1, -0.05) is 13.8 Å². The van der Waals surface area contributed by atoms with E-state index >= 15 is 0 Å². The van der Waals surface area contributed by atoms with Gasteiger partial charge in [-0.2, -0.15) is 0 Å². The molecule has 2 atom stereocenters. The van der Waals surface area contributed by atoms with Crippen LogP contribution in [0.15, 0.2) is 12.7 Å². The lowest BCUT2D eigenvalue weighted by Crippen LogP contribution is -2.41. The van der Waals surface area contributed by atoms with Gasteiger partial charge in [0, 0.05) is 32.1 Å². The Morgan fingerprint density at radius 2 is 1.95 bits per heavy atom. The normalized spacial score (nSPS) is 22.5. The van der Waals surface area contributed by atoms with Gasteiger partial charge in [-0.25, -0.2) is 13.1 Å². The number of likely N-dealkylation sites (tertiary alicyclic amines) is 1. The van der Waals surface area contributed by atoms with Crippen molar-refractivity contribution in [1.29, 1.82) is 0 Å². The molecule has 1 amide bonds. The minimum atomic E-state index is -3.28. The summed E-state index contributed by atoms with van der Waals surface area (Å²) in [5, 5.41) is 7.39. The van der Waals surface area contributed by atoms with Gasteiger partial charge in [-0.15, -0.1) is 10.2 Å². The molecule has 8 nitrogen and oxygen atoms in total. The minimum Gasteiger partial charge on any atom is -0.341 e. The average Bonchev–Trinajstić information content (AvgIpc) is 3.02. The van der Waals surface area contributed by atoms with E-state index < -0.39 is 10.0 Å². The summed E-state index contributed by atoms with van der Waals surface area (Å²) in [7, 11) is -3.28. The molecule has 0 saturated carbocycles. The monoisotopic (exact) mass is 329 g/mol. The lowest BCUT2D eigenvalue weighted by Gasteiger charge is -2.21. The van der Waals surface area contributed by atoms with Gasteiger partial charge >= 0.3 is 0 Å². The predicted molar refractivity (Wildman–Crippen MR) is 81.3 cm³/mol. The third-order valence-electron chi connectivity index (χ3n) is 3.99. The number of sulfonamides is 1. The SMILES string of the molecule is CC(C)[C@H]1CN(C(=O)CCn2cnnc2)C[C@@H]1NS(C)(=O)=O. The van der Waals surface area contributed by atoms with Gasteiger partial charge in [0.1, 0.15) is 12.7 Å². The first-order chi connectivity index (χ1) is 10.3. The van der Waals surface area contributed by atoms with Gasteiger partial charge in [0.2, 0.25) is 15.9 Å². The molecule has 22 heavy (non-hydrogen) atoms. The van der Waals surface area contributed by atoms with Crippen LogP contribution in [0.1, 0.15) is 20.3 Å². The highest BCUT2D eigenvalue weighted by molar-refractivity contribution is 7.88. The minimum absolute atomic E-state index is 0.0251. The zero-order valence-corrected chi connectivity index (χ0v) is 14.0. The molecule has 0 spiro atoms. The molecule has 0 bridgehead atoms. The Labute approximate surface area is 130 Å². The van der Waals surface area contributed by atoms with Crippen LogP contribution in [0.4, 0.5) is 0 Å². The van der Waals surface area contributed by atoms with Crippen LogP contribution < -0.4 is 4.72 Å². The van der Waals surface area contributed by atoms with Crippen molar-refractivity contribution in [1.82, 2.24) is 24.4 Å². The molecular weight excluding hydrogens is 306 g/mol. The number of carbonyl (C=O) groups is 1. The van der Waals surface area contributed by atoms with Crippen molar-refractivity contribution in [3.05, 3.63) is 12.7 Å². The molecule has 124 valence electrons. The van der Waals surface area contributed by atoms with Crippen LogP contribution in [0.25, 0.3) is 0 Å². The maximum absolute atomic E-state index is 12.3. The summed E-state index contributed by atoms with van der Waals surface area (Å²) in [6, 6.07) is -0.214. The topological polar surface area (TPSA) is 97.2 Å². The number of nitrogens with one attached hydrogen (secondary N) is 1. The Hall–Kier alpha value is -1.48. The summed E-state index contributed by atoms with van der Waals surface area (Å²) >= 11 is 0. The predicted octanol–water partition coefficient (Wildman–Crippen LogP) is -0.300. The molecule has 2 rings (SSSR count). The number of amides is 1. The van der Waals surface area contributed by atoms with Crippen LogP contribution in [0.3, 0.4) is 0 Å². The summed E-state index contributed by atoms with van der Waals surface area (Å²) in [5.41, 5.74) is 0. The maximum Gasteiger partial charge on any atom is 0.224 e. The Balaban J connectivity index is 1.95. The molecule has 1 N–H and O–H groups in total. The van der Waals surface area contributed by atoms with Crippen molar-refractivity contribution in [2.45, 2.75) is 32.9 Å². The summed E-state index contributed by atoms with van der Waals surface area (Å²) in [6.45, 7) is 5.64. The number of carbonyl (C=O) groups excluding carboxylic acids is 1. The molecule has 0 unspecified atom stereocenters. The molecule has 1 aromatic heterocycles. The number of hydrogen-bond donors (Lipinski definition) is 1. The summed E-state index contributed by atoms with van der Waals surface area (Å²) < 4.78 is 27.4. The third-order valence-corrected chi connectivity index (χ3v) is 4.72. The number of hydrogen-bond acceptors (Lipinski definition) is 5. The largest absolute Gasteiger partial charge is 0.341 e. The Morgan fingerprint density at radius 1 is 1.32 bits per heavy atom. The highest BCUT2D eigenvalue weighted by Gasteiger charge is 2.37. The van der Waals surface area contributed by atoms with Crippen molar-refractivity contribution < 1.29 is 13.2 Å². The van der Waals surface area contributed by atoms with Crippen molar-refractivity contribution in [3.8, 4) is 0 Å². The molecule has 0 radical (unpaired) electrons. The van der Waals surface area contributed by atoms with Crippen LogP contribution in [0.2, 0.25) is 0 Å². The summed E-state index contributed by atoms with van der Waals surface area (Å²) in [4.78, 5) is 14.1. The molecule has 1 aliphatic rings. The fourth-order valence-electron chi connectivity index (χ4n) is 2.83. The first-order valence-corrected chi connectivity index (χ1v) is 9.23. The first-order valence-electron chi connectivity index (χ1n) is 7.34. The van der Waals surface area contributed by atoms with Crippen molar-refractivity contribution in [2.24, 2.45) is 11.8 Å². The molecule has 1 fully saturated rings. The van der Waals surface area contributed by atoms with Crippen molar-refractivity contribution in [3.63, 3.8) is 0 Å². The van der Waals surface area contributed by atoms with E-state index in [2.05, 4.69) is 14.9 Å². The van der Waals surface area contributed by atoms with Crippen LogP contribution in [0, 0.1) is 11.8 Å². The summed E-state index contributed by atoms with van der Waals surface area (Å²) in [6.07, 6.45) is 4.65. The lowest BCUT2D eigenvalue weighted by atomic mass is 9.92. The van der Waals surface area contributed by atoms with Gasteiger partial charge in [-0.05, 0) is 11.8 Å². The second-order valence-electron chi connectivity index (χ2n) is 6.15. The van der Waals surface area contributed by atoms with Gasteiger partial charge in [0.15, 0.2) is 0 Å². The smallest absolute Gasteiger partial charge is 0.224 e. The second kappa shape index (κ2) is 6.74. The van der Waals surface area contributed by atoms with E-state index in [-0.39, 0.29) is 17.9 Å². The molecule has 9 heteroatoms. The number of aryl methyl sites for hydroxylation is 1. The Morgan fingerprint density at radius 3 is 2.50 bits per heavy atom.